The zero-order valence-corrected chi connectivity index (χ0v) is 12.7. The molecule has 3 unspecified atom stereocenters. The van der Waals surface area contributed by atoms with Crippen LogP contribution >= 0.6 is 0 Å². The summed E-state index contributed by atoms with van der Waals surface area (Å²) in [5, 5.41) is 0. The van der Waals surface area contributed by atoms with Crippen LogP contribution in [0.3, 0.4) is 0 Å². The summed E-state index contributed by atoms with van der Waals surface area (Å²) >= 11 is 0. The molecule has 0 bridgehead atoms. The fourth-order valence-corrected chi connectivity index (χ4v) is 4.93. The van der Waals surface area contributed by atoms with Gasteiger partial charge in [-0.2, -0.15) is 17.4 Å². The van der Waals surface area contributed by atoms with Gasteiger partial charge in [0, 0.05) is 24.7 Å². The van der Waals surface area contributed by atoms with E-state index in [-0.39, 0.29) is 18.1 Å². The van der Waals surface area contributed by atoms with Crippen molar-refractivity contribution in [3.05, 3.63) is 0 Å². The van der Waals surface area contributed by atoms with E-state index in [0.717, 1.165) is 51.4 Å². The third-order valence-electron chi connectivity index (χ3n) is 4.42. The van der Waals surface area contributed by atoms with E-state index in [4.69, 9.17) is 5.73 Å². The Labute approximate surface area is 117 Å². The summed E-state index contributed by atoms with van der Waals surface area (Å²) in [5.74, 6) is 0. The maximum absolute atomic E-state index is 12.5. The predicted molar refractivity (Wildman–Crippen MR) is 76.9 cm³/mol. The molecule has 1 saturated heterocycles. The van der Waals surface area contributed by atoms with Gasteiger partial charge in [-0.3, -0.25) is 0 Å². The smallest absolute Gasteiger partial charge is 0.279 e. The quantitative estimate of drug-likeness (QED) is 0.770. The Balaban J connectivity index is 2.02. The summed E-state index contributed by atoms with van der Waals surface area (Å²) in [5.41, 5.74) is 6.10. The van der Waals surface area contributed by atoms with Crippen molar-refractivity contribution in [2.45, 2.75) is 76.4 Å². The van der Waals surface area contributed by atoms with Crippen molar-refractivity contribution < 1.29 is 8.42 Å². The molecule has 19 heavy (non-hydrogen) atoms. The predicted octanol–water partition coefficient (Wildman–Crippen LogP) is 1.36. The molecular formula is C13H27N3O2S. The summed E-state index contributed by atoms with van der Waals surface area (Å²) in [4.78, 5) is 0. The molecule has 0 aromatic rings. The first-order valence-electron chi connectivity index (χ1n) is 7.55. The van der Waals surface area contributed by atoms with Crippen LogP contribution in [0.5, 0.6) is 0 Å². The van der Waals surface area contributed by atoms with Gasteiger partial charge < -0.3 is 5.73 Å². The number of hydrogen-bond donors (Lipinski definition) is 2. The molecule has 6 heteroatoms. The van der Waals surface area contributed by atoms with Crippen molar-refractivity contribution in [2.24, 2.45) is 5.73 Å². The van der Waals surface area contributed by atoms with Gasteiger partial charge in [-0.1, -0.05) is 25.7 Å². The molecule has 2 rings (SSSR count). The number of nitrogens with two attached hydrogens (primary N) is 1. The first-order chi connectivity index (χ1) is 9.00. The minimum Gasteiger partial charge on any atom is -0.326 e. The van der Waals surface area contributed by atoms with Gasteiger partial charge in [0.05, 0.1) is 0 Å². The molecule has 0 amide bonds. The summed E-state index contributed by atoms with van der Waals surface area (Å²) < 4.78 is 29.4. The van der Waals surface area contributed by atoms with E-state index in [1.54, 1.807) is 4.31 Å². The first kappa shape index (κ1) is 15.2. The van der Waals surface area contributed by atoms with Gasteiger partial charge in [-0.15, -0.1) is 0 Å². The van der Waals surface area contributed by atoms with Crippen LogP contribution in [0.4, 0.5) is 0 Å². The van der Waals surface area contributed by atoms with Crippen molar-refractivity contribution in [3.63, 3.8) is 0 Å². The van der Waals surface area contributed by atoms with E-state index in [2.05, 4.69) is 4.72 Å². The number of piperidine rings is 1. The maximum atomic E-state index is 12.5. The molecule has 5 nitrogen and oxygen atoms in total. The molecular weight excluding hydrogens is 262 g/mol. The van der Waals surface area contributed by atoms with Crippen molar-refractivity contribution in [1.29, 1.82) is 0 Å². The molecule has 2 aliphatic rings. The highest BCUT2D eigenvalue weighted by atomic mass is 32.2. The van der Waals surface area contributed by atoms with Crippen LogP contribution in [0, 0.1) is 0 Å². The number of rotatable bonds is 3. The molecule has 1 saturated carbocycles. The largest absolute Gasteiger partial charge is 0.326 e. The van der Waals surface area contributed by atoms with Gasteiger partial charge in [0.1, 0.15) is 0 Å². The molecule has 0 aromatic carbocycles. The van der Waals surface area contributed by atoms with Gasteiger partial charge in [-0.25, -0.2) is 0 Å². The van der Waals surface area contributed by atoms with Gasteiger partial charge in [0.25, 0.3) is 10.2 Å². The number of nitrogens with zero attached hydrogens (tertiary/aromatic N) is 1. The minimum atomic E-state index is -3.38. The van der Waals surface area contributed by atoms with Crippen LogP contribution in [0.15, 0.2) is 0 Å². The lowest BCUT2D eigenvalue weighted by Gasteiger charge is -2.34. The van der Waals surface area contributed by atoms with E-state index in [1.165, 1.54) is 0 Å². The Hall–Kier alpha value is -0.170. The maximum Gasteiger partial charge on any atom is 0.279 e. The lowest BCUT2D eigenvalue weighted by atomic mass is 10.1. The van der Waals surface area contributed by atoms with Crippen LogP contribution in [0.1, 0.15) is 58.3 Å². The van der Waals surface area contributed by atoms with Crippen LogP contribution in [0.2, 0.25) is 0 Å². The lowest BCUT2D eigenvalue weighted by molar-refractivity contribution is 0.262. The second-order valence-corrected chi connectivity index (χ2v) is 7.64. The Kier molecular flexibility index (Phi) is 5.22. The van der Waals surface area contributed by atoms with Gasteiger partial charge in [0.2, 0.25) is 0 Å². The van der Waals surface area contributed by atoms with E-state index < -0.39 is 10.2 Å². The molecule has 2 fully saturated rings. The fourth-order valence-electron chi connectivity index (χ4n) is 3.17. The van der Waals surface area contributed by atoms with Gasteiger partial charge in [0.15, 0.2) is 0 Å². The molecule has 3 N–H and O–H groups in total. The van der Waals surface area contributed by atoms with Crippen molar-refractivity contribution in [1.82, 2.24) is 9.03 Å². The standard InChI is InChI=1S/C13H27N3O2S/c1-11-7-5-6-10-16(11)19(17,18)15-13-9-4-2-3-8-12(13)14/h11-13,15H,2-10,14H2,1H3. The molecule has 0 radical (unpaired) electrons. The molecule has 1 heterocycles. The Morgan fingerprint density at radius 1 is 1.05 bits per heavy atom. The number of nitrogens with one attached hydrogen (secondary N) is 1. The first-order valence-corrected chi connectivity index (χ1v) is 8.99. The molecule has 1 aliphatic carbocycles. The number of hydrogen-bond acceptors (Lipinski definition) is 3. The normalized spacial score (nSPS) is 34.9. The Bertz CT molecular complexity index is 385. The minimum absolute atomic E-state index is 0.0441. The van der Waals surface area contributed by atoms with E-state index >= 15 is 0 Å². The monoisotopic (exact) mass is 289 g/mol. The summed E-state index contributed by atoms with van der Waals surface area (Å²) in [7, 11) is -3.38. The van der Waals surface area contributed by atoms with Crippen LogP contribution in [-0.2, 0) is 10.2 Å². The third kappa shape index (κ3) is 3.90. The highest BCUT2D eigenvalue weighted by molar-refractivity contribution is 7.87. The van der Waals surface area contributed by atoms with E-state index in [1.807, 2.05) is 6.92 Å². The third-order valence-corrected chi connectivity index (χ3v) is 6.18. The van der Waals surface area contributed by atoms with Crippen LogP contribution < -0.4 is 10.5 Å². The Morgan fingerprint density at radius 3 is 2.47 bits per heavy atom. The molecule has 3 atom stereocenters. The SMILES string of the molecule is CC1CCCCN1S(=O)(=O)NC1CCCCCC1N. The van der Waals surface area contributed by atoms with Crippen LogP contribution in [-0.4, -0.2) is 37.4 Å². The summed E-state index contributed by atoms with van der Waals surface area (Å²) in [6, 6.07) is -0.0350. The van der Waals surface area contributed by atoms with Crippen molar-refractivity contribution in [2.75, 3.05) is 6.54 Å². The average Bonchev–Trinajstić information content (AvgIpc) is 2.55. The van der Waals surface area contributed by atoms with Crippen molar-refractivity contribution in [3.8, 4) is 0 Å². The van der Waals surface area contributed by atoms with Crippen LogP contribution in [0.25, 0.3) is 0 Å². The summed E-state index contributed by atoms with van der Waals surface area (Å²) in [6.45, 7) is 2.63. The summed E-state index contributed by atoms with van der Waals surface area (Å²) in [6.07, 6.45) is 8.16. The zero-order valence-electron chi connectivity index (χ0n) is 11.8. The highest BCUT2D eigenvalue weighted by Gasteiger charge is 2.33. The second kappa shape index (κ2) is 6.52. The fraction of sp³-hybridized carbons (Fsp3) is 1.00. The molecule has 0 spiro atoms. The van der Waals surface area contributed by atoms with E-state index in [9.17, 15) is 8.42 Å². The van der Waals surface area contributed by atoms with E-state index in [0.29, 0.717) is 6.54 Å². The lowest BCUT2D eigenvalue weighted by Crippen LogP contribution is -2.54. The zero-order chi connectivity index (χ0) is 13.9. The molecule has 0 aromatic heterocycles. The average molecular weight is 289 g/mol. The molecule has 1 aliphatic heterocycles. The topological polar surface area (TPSA) is 75.4 Å². The van der Waals surface area contributed by atoms with Gasteiger partial charge >= 0.3 is 0 Å². The van der Waals surface area contributed by atoms with Gasteiger partial charge in [-0.05, 0) is 32.6 Å². The second-order valence-electron chi connectivity index (χ2n) is 5.99. The molecule has 112 valence electrons. The highest BCUT2D eigenvalue weighted by Crippen LogP contribution is 2.22. The Morgan fingerprint density at radius 2 is 1.74 bits per heavy atom. The van der Waals surface area contributed by atoms with Crippen molar-refractivity contribution >= 4 is 10.2 Å².